The van der Waals surface area contributed by atoms with Crippen molar-refractivity contribution in [1.29, 1.82) is 0 Å². The van der Waals surface area contributed by atoms with Crippen LogP contribution in [0.2, 0.25) is 0 Å². The van der Waals surface area contributed by atoms with E-state index in [0.29, 0.717) is 12.8 Å². The smallest absolute Gasteiger partial charge is 0.410 e. The minimum Gasteiger partial charge on any atom is -0.444 e. The van der Waals surface area contributed by atoms with E-state index in [1.165, 1.54) is 6.07 Å². The van der Waals surface area contributed by atoms with Crippen molar-refractivity contribution in [3.63, 3.8) is 0 Å². The number of nitrogens with zero attached hydrogens (tertiary/aromatic N) is 1. The van der Waals surface area contributed by atoms with Crippen LogP contribution in [0.25, 0.3) is 0 Å². The molecule has 5 nitrogen and oxygen atoms in total. The number of hydrogen-bond acceptors (Lipinski definition) is 4. The Morgan fingerprint density at radius 3 is 2.15 bits per heavy atom. The van der Waals surface area contributed by atoms with Crippen molar-refractivity contribution >= 4 is 11.9 Å². The van der Waals surface area contributed by atoms with Crippen LogP contribution in [-0.4, -0.2) is 47.7 Å². The molecule has 2 atom stereocenters. The lowest BCUT2D eigenvalue weighted by Crippen LogP contribution is -2.60. The molecule has 0 N–H and O–H groups in total. The van der Waals surface area contributed by atoms with Gasteiger partial charge in [-0.25, -0.2) is 13.6 Å². The molecule has 0 saturated carbocycles. The minimum absolute atomic E-state index is 0.277. The topological polar surface area (TPSA) is 55.8 Å². The Balaban J connectivity index is 1.79. The van der Waals surface area contributed by atoms with Crippen molar-refractivity contribution in [2.75, 3.05) is 13.2 Å². The molecule has 3 rings (SSSR count). The lowest BCUT2D eigenvalue weighted by atomic mass is 9.80. The quantitative estimate of drug-likeness (QED) is 0.750. The molecule has 2 saturated heterocycles. The molecule has 1 aromatic carbocycles. The third-order valence-corrected chi connectivity index (χ3v) is 4.70. The van der Waals surface area contributed by atoms with Crippen LogP contribution in [0.1, 0.15) is 44.0 Å². The lowest BCUT2D eigenvalue weighted by molar-refractivity contribution is -0.0861. The van der Waals surface area contributed by atoms with E-state index in [-0.39, 0.29) is 25.3 Å². The van der Waals surface area contributed by atoms with E-state index >= 15 is 0 Å². The summed E-state index contributed by atoms with van der Waals surface area (Å²) >= 11 is 0. The highest BCUT2D eigenvalue weighted by Gasteiger charge is 2.45. The number of morpholine rings is 1. The molecular weight excluding hydrogens is 344 g/mol. The van der Waals surface area contributed by atoms with E-state index in [9.17, 15) is 18.4 Å². The molecule has 0 spiro atoms. The summed E-state index contributed by atoms with van der Waals surface area (Å²) in [7, 11) is 0. The molecule has 0 radical (unpaired) electrons. The second kappa shape index (κ2) is 6.95. The van der Waals surface area contributed by atoms with Crippen molar-refractivity contribution in [3.8, 4) is 0 Å². The van der Waals surface area contributed by atoms with Crippen molar-refractivity contribution < 1.29 is 27.8 Å². The van der Waals surface area contributed by atoms with E-state index in [2.05, 4.69) is 0 Å². The Morgan fingerprint density at radius 1 is 1.12 bits per heavy atom. The van der Waals surface area contributed by atoms with Gasteiger partial charge in [-0.1, -0.05) is 6.07 Å². The monoisotopic (exact) mass is 367 g/mol. The number of hydrogen-bond donors (Lipinski definition) is 0. The molecule has 2 unspecified atom stereocenters. The molecule has 0 aromatic heterocycles. The van der Waals surface area contributed by atoms with Crippen LogP contribution in [0.5, 0.6) is 0 Å². The first-order chi connectivity index (χ1) is 12.2. The van der Waals surface area contributed by atoms with Gasteiger partial charge in [-0.05, 0) is 45.7 Å². The van der Waals surface area contributed by atoms with E-state index in [1.54, 1.807) is 25.7 Å². The normalized spacial score (nSPS) is 25.7. The zero-order valence-corrected chi connectivity index (χ0v) is 15.1. The fourth-order valence-electron chi connectivity index (χ4n) is 3.68. The molecule has 2 aliphatic heterocycles. The van der Waals surface area contributed by atoms with E-state index in [1.807, 2.05) is 0 Å². The van der Waals surface area contributed by atoms with Crippen LogP contribution in [0.4, 0.5) is 13.6 Å². The van der Waals surface area contributed by atoms with Gasteiger partial charge >= 0.3 is 6.09 Å². The van der Waals surface area contributed by atoms with Gasteiger partial charge in [0.25, 0.3) is 0 Å². The molecule has 0 aliphatic carbocycles. The van der Waals surface area contributed by atoms with E-state index in [4.69, 9.17) is 9.47 Å². The fourth-order valence-corrected chi connectivity index (χ4v) is 3.68. The largest absolute Gasteiger partial charge is 0.444 e. The summed E-state index contributed by atoms with van der Waals surface area (Å²) in [5.41, 5.74) is -1.13. The molecule has 142 valence electrons. The highest BCUT2D eigenvalue weighted by atomic mass is 19.1. The zero-order valence-electron chi connectivity index (χ0n) is 15.1. The van der Waals surface area contributed by atoms with Crippen molar-refractivity contribution in [3.05, 3.63) is 35.4 Å². The predicted molar refractivity (Wildman–Crippen MR) is 89.9 cm³/mol. The van der Waals surface area contributed by atoms with Crippen molar-refractivity contribution in [2.45, 2.75) is 51.3 Å². The van der Waals surface area contributed by atoms with Crippen molar-refractivity contribution in [2.24, 2.45) is 5.92 Å². The van der Waals surface area contributed by atoms with Gasteiger partial charge in [0.2, 0.25) is 0 Å². The van der Waals surface area contributed by atoms with Gasteiger partial charge in [0, 0.05) is 5.92 Å². The summed E-state index contributed by atoms with van der Waals surface area (Å²) in [6.45, 7) is 5.91. The fraction of sp³-hybridized carbons (Fsp3) is 0.579. The molecule has 1 aromatic rings. The van der Waals surface area contributed by atoms with Crippen LogP contribution in [0.3, 0.4) is 0 Å². The van der Waals surface area contributed by atoms with Crippen LogP contribution < -0.4 is 0 Å². The number of benzene rings is 1. The first-order valence-corrected chi connectivity index (χ1v) is 8.74. The molecule has 2 fully saturated rings. The predicted octanol–water partition coefficient (Wildman–Crippen LogP) is 3.56. The number of ketones is 1. The number of ether oxygens (including phenoxy) is 2. The standard InChI is InChI=1S/C19H23F2NO4/c1-19(2,3)26-18(24)22-12-7-11(8-13(22)10-25-9-12)17(23)16-14(20)5-4-6-15(16)21/h4-6,11-13H,7-10H2,1-3H3. The van der Waals surface area contributed by atoms with Crippen LogP contribution in [-0.2, 0) is 9.47 Å². The molecule has 2 heterocycles. The molecule has 1 amide bonds. The highest BCUT2D eigenvalue weighted by Crippen LogP contribution is 2.35. The Hall–Kier alpha value is -2.02. The maximum Gasteiger partial charge on any atom is 0.410 e. The third-order valence-electron chi connectivity index (χ3n) is 4.70. The SMILES string of the molecule is CC(C)(C)OC(=O)N1C2COCC1CC(C(=O)c1c(F)cccc1F)C2. The van der Waals surface area contributed by atoms with Crippen molar-refractivity contribution in [1.82, 2.24) is 4.90 Å². The van der Waals surface area contributed by atoms with Gasteiger partial charge in [-0.3, -0.25) is 9.69 Å². The average Bonchev–Trinajstić information content (AvgIpc) is 2.51. The first-order valence-electron chi connectivity index (χ1n) is 8.74. The van der Waals surface area contributed by atoms with Gasteiger partial charge < -0.3 is 9.47 Å². The number of piperidine rings is 1. The maximum absolute atomic E-state index is 14.0. The summed E-state index contributed by atoms with van der Waals surface area (Å²) in [4.78, 5) is 26.9. The molecule has 7 heteroatoms. The Bertz CT molecular complexity index is 682. The Morgan fingerprint density at radius 2 is 1.65 bits per heavy atom. The summed E-state index contributed by atoms with van der Waals surface area (Å²) in [6.07, 6.45) is 0.142. The second-order valence-corrected chi connectivity index (χ2v) is 7.86. The van der Waals surface area contributed by atoms with E-state index < -0.39 is 40.6 Å². The summed E-state index contributed by atoms with van der Waals surface area (Å²) in [6, 6.07) is 2.70. The van der Waals surface area contributed by atoms with Gasteiger partial charge in [0.15, 0.2) is 5.78 Å². The van der Waals surface area contributed by atoms with Crippen LogP contribution >= 0.6 is 0 Å². The number of fused-ring (bicyclic) bond motifs is 2. The van der Waals surface area contributed by atoms with Gasteiger partial charge in [0.05, 0.1) is 30.9 Å². The highest BCUT2D eigenvalue weighted by molar-refractivity contribution is 5.98. The van der Waals surface area contributed by atoms with E-state index in [0.717, 1.165) is 12.1 Å². The number of halogens is 2. The van der Waals surface area contributed by atoms with Gasteiger partial charge in [-0.2, -0.15) is 0 Å². The Kier molecular flexibility index (Phi) is 5.01. The Labute approximate surface area is 151 Å². The molecule has 26 heavy (non-hydrogen) atoms. The average molecular weight is 367 g/mol. The third kappa shape index (κ3) is 3.72. The zero-order chi connectivity index (χ0) is 19.1. The van der Waals surface area contributed by atoms with Gasteiger partial charge in [-0.15, -0.1) is 0 Å². The summed E-state index contributed by atoms with van der Waals surface area (Å²) in [5.74, 6) is -2.82. The second-order valence-electron chi connectivity index (χ2n) is 7.86. The molecule has 2 aliphatic rings. The first kappa shape index (κ1) is 18.8. The minimum atomic E-state index is -0.856. The number of amides is 1. The van der Waals surface area contributed by atoms with Crippen LogP contribution in [0.15, 0.2) is 18.2 Å². The maximum atomic E-state index is 14.0. The number of carbonyl (C=O) groups excluding carboxylic acids is 2. The van der Waals surface area contributed by atoms with Gasteiger partial charge in [0.1, 0.15) is 17.2 Å². The number of rotatable bonds is 2. The summed E-state index contributed by atoms with van der Waals surface area (Å²) in [5, 5.41) is 0. The molecule has 2 bridgehead atoms. The summed E-state index contributed by atoms with van der Waals surface area (Å²) < 4.78 is 38.9. The number of carbonyl (C=O) groups is 2. The van der Waals surface area contributed by atoms with Crippen LogP contribution in [0, 0.1) is 17.6 Å². The lowest BCUT2D eigenvalue weighted by Gasteiger charge is -2.47. The number of Topliss-reactive ketones (excluding diaryl/α,β-unsaturated/α-hetero) is 1. The molecular formula is C19H23F2NO4.